The van der Waals surface area contributed by atoms with E-state index in [-0.39, 0.29) is 17.7 Å². The fraction of sp³-hybridized carbons (Fsp3) is 0.238. The predicted molar refractivity (Wildman–Crippen MR) is 112 cm³/mol. The number of fused-ring (bicyclic) bond motifs is 2. The molecule has 11 nitrogen and oxygen atoms in total. The monoisotopic (exact) mass is 429 g/mol. The van der Waals surface area contributed by atoms with E-state index in [2.05, 4.69) is 25.3 Å². The molecule has 5 aromatic rings. The Kier molecular flexibility index (Phi) is 3.97. The first-order chi connectivity index (χ1) is 15.6. The smallest absolute Gasteiger partial charge is 0.312 e. The first-order valence-electron chi connectivity index (χ1n) is 10.2. The van der Waals surface area contributed by atoms with Gasteiger partial charge in [-0.3, -0.25) is 9.48 Å². The maximum atomic E-state index is 13.5. The number of nitrogens with zero attached hydrogens (tertiary/aromatic N) is 8. The molecule has 1 aliphatic rings. The van der Waals surface area contributed by atoms with Crippen molar-refractivity contribution >= 4 is 11.4 Å². The van der Waals surface area contributed by atoms with E-state index in [0.717, 1.165) is 28.3 Å². The summed E-state index contributed by atoms with van der Waals surface area (Å²) in [6.07, 6.45) is 5.82. The Morgan fingerprint density at radius 2 is 2.19 bits per heavy atom. The Hall–Kier alpha value is -4.28. The summed E-state index contributed by atoms with van der Waals surface area (Å²) in [5, 5.41) is 17.0. The average Bonchev–Trinajstić information content (AvgIpc) is 3.59. The van der Waals surface area contributed by atoms with Gasteiger partial charge in [0.1, 0.15) is 6.04 Å². The van der Waals surface area contributed by atoms with E-state index in [0.29, 0.717) is 18.5 Å². The van der Waals surface area contributed by atoms with Gasteiger partial charge in [-0.15, -0.1) is 10.2 Å². The molecule has 0 fully saturated rings. The number of aromatic amines is 1. The van der Waals surface area contributed by atoms with Crippen molar-refractivity contribution in [2.45, 2.75) is 19.4 Å². The Bertz CT molecular complexity index is 1420. The summed E-state index contributed by atoms with van der Waals surface area (Å²) in [6.45, 7) is 2.37. The lowest BCUT2D eigenvalue weighted by molar-refractivity contribution is 0.0646. The minimum absolute atomic E-state index is 0.0731. The molecule has 0 radical (unpaired) electrons. The second-order valence-electron chi connectivity index (χ2n) is 7.74. The van der Waals surface area contributed by atoms with Crippen LogP contribution in [0.5, 0.6) is 0 Å². The van der Waals surface area contributed by atoms with Crippen molar-refractivity contribution in [1.82, 2.24) is 44.5 Å². The van der Waals surface area contributed by atoms with E-state index < -0.39 is 6.04 Å². The summed E-state index contributed by atoms with van der Waals surface area (Å²) in [7, 11) is 1.83. The molecule has 1 N–H and O–H groups in total. The van der Waals surface area contributed by atoms with E-state index >= 15 is 0 Å². The summed E-state index contributed by atoms with van der Waals surface area (Å²) in [5.74, 6) is -0.169. The maximum Gasteiger partial charge on any atom is 0.312 e. The van der Waals surface area contributed by atoms with Crippen molar-refractivity contribution in [3.63, 3.8) is 0 Å². The topological polar surface area (TPSA) is 123 Å². The lowest BCUT2D eigenvalue weighted by Crippen LogP contribution is -2.41. The SMILES string of the molecule is Cc1c(-c2nnc(C(=O)N3CCc4[nH]cnc4C3c3cc4ccccn4n3)o2)cnn1C. The molecular formula is C21H19N9O2. The number of amides is 1. The summed E-state index contributed by atoms with van der Waals surface area (Å²) in [6, 6.07) is 7.33. The number of carbonyl (C=O) groups excluding carboxylic acids is 1. The molecule has 1 unspecified atom stereocenters. The highest BCUT2D eigenvalue weighted by atomic mass is 16.4. The quantitative estimate of drug-likeness (QED) is 0.465. The number of H-pyrrole nitrogens is 1. The van der Waals surface area contributed by atoms with Gasteiger partial charge in [0, 0.05) is 37.6 Å². The van der Waals surface area contributed by atoms with Crippen LogP contribution in [-0.2, 0) is 13.5 Å². The summed E-state index contributed by atoms with van der Waals surface area (Å²) in [4.78, 5) is 22.9. The lowest BCUT2D eigenvalue weighted by Gasteiger charge is -2.32. The van der Waals surface area contributed by atoms with Crippen LogP contribution >= 0.6 is 0 Å². The van der Waals surface area contributed by atoms with Crippen LogP contribution in [0.25, 0.3) is 17.0 Å². The van der Waals surface area contributed by atoms with Gasteiger partial charge in [0.25, 0.3) is 5.89 Å². The van der Waals surface area contributed by atoms with Crippen LogP contribution in [0.15, 0.2) is 47.4 Å². The number of pyridine rings is 1. The van der Waals surface area contributed by atoms with E-state index in [4.69, 9.17) is 9.52 Å². The van der Waals surface area contributed by atoms with Crippen LogP contribution in [0.4, 0.5) is 0 Å². The van der Waals surface area contributed by atoms with Gasteiger partial charge < -0.3 is 14.3 Å². The Labute approximate surface area is 181 Å². The van der Waals surface area contributed by atoms with E-state index in [1.165, 1.54) is 0 Å². The number of rotatable bonds is 3. The number of aryl methyl sites for hydroxylation is 1. The number of imidazole rings is 1. The van der Waals surface area contributed by atoms with Crippen LogP contribution in [0.1, 0.15) is 39.5 Å². The minimum atomic E-state index is -0.465. The molecule has 6 rings (SSSR count). The standard InChI is InChI=1S/C21H19N9O2/c1-12-14(10-24-28(12)2)19-25-26-20(32-19)21(31)29-8-6-15-17(23-11-22-15)18(29)16-9-13-5-3-4-7-30(13)27-16/h3-5,7,9-11,18H,6,8H2,1-2H3,(H,22,23). The van der Waals surface area contributed by atoms with Gasteiger partial charge in [-0.05, 0) is 25.1 Å². The summed E-state index contributed by atoms with van der Waals surface area (Å²) >= 11 is 0. The third-order valence-corrected chi connectivity index (χ3v) is 5.93. The minimum Gasteiger partial charge on any atom is -0.412 e. The van der Waals surface area contributed by atoms with Crippen LogP contribution in [-0.4, -0.2) is 56.9 Å². The van der Waals surface area contributed by atoms with Gasteiger partial charge in [-0.1, -0.05) is 6.07 Å². The van der Waals surface area contributed by atoms with Crippen molar-refractivity contribution in [2.24, 2.45) is 7.05 Å². The molecule has 1 atom stereocenters. The van der Waals surface area contributed by atoms with Gasteiger partial charge >= 0.3 is 11.8 Å². The highest BCUT2D eigenvalue weighted by Crippen LogP contribution is 2.34. The highest BCUT2D eigenvalue weighted by Gasteiger charge is 2.38. The average molecular weight is 429 g/mol. The second-order valence-corrected chi connectivity index (χ2v) is 7.74. The van der Waals surface area contributed by atoms with Crippen LogP contribution in [0.3, 0.4) is 0 Å². The Morgan fingerprint density at radius 3 is 3.00 bits per heavy atom. The number of carbonyl (C=O) groups is 1. The molecule has 0 saturated carbocycles. The highest BCUT2D eigenvalue weighted by molar-refractivity contribution is 5.90. The van der Waals surface area contributed by atoms with Gasteiger partial charge in [-0.2, -0.15) is 10.2 Å². The Balaban J connectivity index is 1.40. The molecule has 32 heavy (non-hydrogen) atoms. The molecule has 6 heterocycles. The first-order valence-corrected chi connectivity index (χ1v) is 10.2. The van der Waals surface area contributed by atoms with Crippen molar-refractivity contribution < 1.29 is 9.21 Å². The molecule has 11 heteroatoms. The van der Waals surface area contributed by atoms with Gasteiger partial charge in [0.2, 0.25) is 0 Å². The Morgan fingerprint density at radius 1 is 1.28 bits per heavy atom. The summed E-state index contributed by atoms with van der Waals surface area (Å²) in [5.41, 5.74) is 4.99. The molecule has 0 aliphatic carbocycles. The zero-order chi connectivity index (χ0) is 21.8. The first kappa shape index (κ1) is 18.5. The zero-order valence-corrected chi connectivity index (χ0v) is 17.4. The third kappa shape index (κ3) is 2.74. The van der Waals surface area contributed by atoms with Crippen LogP contribution < -0.4 is 0 Å². The molecule has 1 amide bonds. The number of hydrogen-bond acceptors (Lipinski definition) is 7. The maximum absolute atomic E-state index is 13.5. The van der Waals surface area contributed by atoms with E-state index in [1.54, 1.807) is 26.6 Å². The zero-order valence-electron chi connectivity index (χ0n) is 17.4. The number of nitrogens with one attached hydrogen (secondary N) is 1. The van der Waals surface area contributed by atoms with Gasteiger partial charge in [-0.25, -0.2) is 9.50 Å². The third-order valence-electron chi connectivity index (χ3n) is 5.93. The molecule has 0 spiro atoms. The fourth-order valence-electron chi connectivity index (χ4n) is 4.14. The van der Waals surface area contributed by atoms with Crippen molar-refractivity contribution in [3.05, 3.63) is 71.7 Å². The second kappa shape index (κ2) is 6.87. The van der Waals surface area contributed by atoms with Gasteiger partial charge in [0.15, 0.2) is 0 Å². The largest absolute Gasteiger partial charge is 0.412 e. The number of aromatic nitrogens is 8. The molecule has 0 aromatic carbocycles. The number of hydrogen-bond donors (Lipinski definition) is 1. The molecule has 0 saturated heterocycles. The van der Waals surface area contributed by atoms with Crippen molar-refractivity contribution in [3.8, 4) is 11.5 Å². The van der Waals surface area contributed by atoms with E-state index in [9.17, 15) is 4.79 Å². The predicted octanol–water partition coefficient (Wildman–Crippen LogP) is 1.94. The van der Waals surface area contributed by atoms with Gasteiger partial charge in [0.05, 0.1) is 35.0 Å². The molecular weight excluding hydrogens is 410 g/mol. The van der Waals surface area contributed by atoms with Crippen LogP contribution in [0, 0.1) is 6.92 Å². The molecule has 5 aromatic heterocycles. The fourth-order valence-corrected chi connectivity index (χ4v) is 4.14. The van der Waals surface area contributed by atoms with Crippen molar-refractivity contribution in [2.75, 3.05) is 6.54 Å². The lowest BCUT2D eigenvalue weighted by atomic mass is 9.99. The van der Waals surface area contributed by atoms with Crippen molar-refractivity contribution in [1.29, 1.82) is 0 Å². The summed E-state index contributed by atoms with van der Waals surface area (Å²) < 4.78 is 9.27. The van der Waals surface area contributed by atoms with Crippen LogP contribution in [0.2, 0.25) is 0 Å². The molecule has 1 aliphatic heterocycles. The van der Waals surface area contributed by atoms with E-state index in [1.807, 2.05) is 44.4 Å². The molecule has 160 valence electrons. The molecule has 0 bridgehead atoms. The normalized spacial score (nSPS) is 15.9.